The maximum absolute atomic E-state index is 10.9. The Labute approximate surface area is 95.8 Å². The number of aliphatic carboxylic acids is 1. The molecular formula is C9H9ClN2O4. The molecule has 0 bridgehead atoms. The monoisotopic (exact) mass is 244 g/mol. The van der Waals surface area contributed by atoms with Gasteiger partial charge in [0.2, 0.25) is 0 Å². The van der Waals surface area contributed by atoms with Crippen molar-refractivity contribution in [2.45, 2.75) is 5.92 Å². The SMILES string of the molecule is NCC(C(=O)O)c1cc(Cl)ccc1[N+](=O)[O-]. The zero-order chi connectivity index (χ0) is 12.3. The van der Waals surface area contributed by atoms with Gasteiger partial charge in [0, 0.05) is 23.2 Å². The summed E-state index contributed by atoms with van der Waals surface area (Å²) in [6.07, 6.45) is 0. The lowest BCUT2D eigenvalue weighted by Gasteiger charge is -2.10. The second-order valence-corrected chi connectivity index (χ2v) is 3.52. The highest BCUT2D eigenvalue weighted by Gasteiger charge is 2.26. The normalized spacial score (nSPS) is 12.1. The van der Waals surface area contributed by atoms with Crippen molar-refractivity contribution in [1.29, 1.82) is 0 Å². The smallest absolute Gasteiger partial charge is 0.312 e. The Morgan fingerprint density at radius 2 is 2.25 bits per heavy atom. The van der Waals surface area contributed by atoms with Crippen molar-refractivity contribution < 1.29 is 14.8 Å². The molecule has 0 saturated heterocycles. The highest BCUT2D eigenvalue weighted by atomic mass is 35.5. The molecule has 1 rings (SSSR count). The molecule has 0 fully saturated rings. The zero-order valence-electron chi connectivity index (χ0n) is 8.09. The molecule has 0 aliphatic rings. The number of carboxylic acid groups (broad SMARTS) is 1. The molecule has 1 unspecified atom stereocenters. The average molecular weight is 245 g/mol. The van der Waals surface area contributed by atoms with Gasteiger partial charge in [-0.1, -0.05) is 11.6 Å². The summed E-state index contributed by atoms with van der Waals surface area (Å²) in [7, 11) is 0. The molecule has 86 valence electrons. The Bertz CT molecular complexity index is 436. The van der Waals surface area contributed by atoms with Crippen LogP contribution >= 0.6 is 11.6 Å². The third-order valence-electron chi connectivity index (χ3n) is 2.10. The van der Waals surface area contributed by atoms with Gasteiger partial charge in [-0.15, -0.1) is 0 Å². The number of rotatable bonds is 4. The fourth-order valence-corrected chi connectivity index (χ4v) is 1.51. The lowest BCUT2D eigenvalue weighted by atomic mass is 9.98. The van der Waals surface area contributed by atoms with Crippen molar-refractivity contribution in [2.24, 2.45) is 5.73 Å². The molecule has 0 amide bonds. The first-order valence-electron chi connectivity index (χ1n) is 4.34. The van der Waals surface area contributed by atoms with Crippen LogP contribution < -0.4 is 5.73 Å². The van der Waals surface area contributed by atoms with Gasteiger partial charge < -0.3 is 10.8 Å². The van der Waals surface area contributed by atoms with Crippen LogP contribution in [0.15, 0.2) is 18.2 Å². The van der Waals surface area contributed by atoms with E-state index in [1.807, 2.05) is 0 Å². The number of carbonyl (C=O) groups is 1. The summed E-state index contributed by atoms with van der Waals surface area (Å²) in [4.78, 5) is 20.9. The van der Waals surface area contributed by atoms with Crippen LogP contribution in [-0.2, 0) is 4.79 Å². The minimum Gasteiger partial charge on any atom is -0.481 e. The van der Waals surface area contributed by atoms with E-state index < -0.39 is 16.8 Å². The third-order valence-corrected chi connectivity index (χ3v) is 2.33. The number of hydrogen-bond acceptors (Lipinski definition) is 4. The van der Waals surface area contributed by atoms with Crippen molar-refractivity contribution in [3.8, 4) is 0 Å². The summed E-state index contributed by atoms with van der Waals surface area (Å²) in [6.45, 7) is -0.226. The molecule has 3 N–H and O–H groups in total. The van der Waals surface area contributed by atoms with Gasteiger partial charge in [-0.2, -0.15) is 0 Å². The van der Waals surface area contributed by atoms with E-state index in [4.69, 9.17) is 22.4 Å². The van der Waals surface area contributed by atoms with E-state index in [1.54, 1.807) is 0 Å². The Balaban J connectivity index is 3.33. The van der Waals surface area contributed by atoms with Crippen LogP contribution in [0.5, 0.6) is 0 Å². The number of hydrogen-bond donors (Lipinski definition) is 2. The van der Waals surface area contributed by atoms with Crippen LogP contribution in [0.3, 0.4) is 0 Å². The van der Waals surface area contributed by atoms with Gasteiger partial charge in [0.1, 0.15) is 5.92 Å². The van der Waals surface area contributed by atoms with Crippen molar-refractivity contribution in [3.05, 3.63) is 38.9 Å². The Morgan fingerprint density at radius 1 is 1.62 bits per heavy atom. The van der Waals surface area contributed by atoms with E-state index in [1.165, 1.54) is 18.2 Å². The number of nitro benzene ring substituents is 1. The first kappa shape index (κ1) is 12.4. The van der Waals surface area contributed by atoms with Crippen LogP contribution in [0.4, 0.5) is 5.69 Å². The fraction of sp³-hybridized carbons (Fsp3) is 0.222. The molecule has 7 heteroatoms. The third kappa shape index (κ3) is 2.47. The van der Waals surface area contributed by atoms with E-state index >= 15 is 0 Å². The predicted octanol–water partition coefficient (Wildman–Crippen LogP) is 1.38. The highest BCUT2D eigenvalue weighted by Crippen LogP contribution is 2.29. The summed E-state index contributed by atoms with van der Waals surface area (Å²) in [5.41, 5.74) is 5.01. The first-order valence-corrected chi connectivity index (χ1v) is 4.72. The Hall–Kier alpha value is -1.66. The number of carboxylic acids is 1. The van der Waals surface area contributed by atoms with Crippen molar-refractivity contribution >= 4 is 23.3 Å². The zero-order valence-corrected chi connectivity index (χ0v) is 8.85. The van der Waals surface area contributed by atoms with Crippen LogP contribution in [-0.4, -0.2) is 22.5 Å². The van der Waals surface area contributed by atoms with Gasteiger partial charge in [-0.25, -0.2) is 0 Å². The van der Waals surface area contributed by atoms with Gasteiger partial charge in [-0.3, -0.25) is 14.9 Å². The molecule has 0 aliphatic heterocycles. The average Bonchev–Trinajstić information content (AvgIpc) is 2.17. The second kappa shape index (κ2) is 4.91. The topological polar surface area (TPSA) is 106 Å². The minimum absolute atomic E-state index is 0.0208. The number of nitro groups is 1. The molecular weight excluding hydrogens is 236 g/mol. The van der Waals surface area contributed by atoms with Gasteiger partial charge in [0.15, 0.2) is 0 Å². The van der Waals surface area contributed by atoms with Crippen LogP contribution in [0.25, 0.3) is 0 Å². The molecule has 1 aromatic carbocycles. The van der Waals surface area contributed by atoms with Gasteiger partial charge in [0.25, 0.3) is 5.69 Å². The summed E-state index contributed by atoms with van der Waals surface area (Å²) >= 11 is 5.67. The predicted molar refractivity (Wildman–Crippen MR) is 57.5 cm³/mol. The summed E-state index contributed by atoms with van der Waals surface area (Å²) in [6, 6.07) is 3.76. The van der Waals surface area contributed by atoms with Gasteiger partial charge in [-0.05, 0) is 12.1 Å². The molecule has 0 aromatic heterocycles. The molecule has 0 spiro atoms. The standard InChI is InChI=1S/C9H9ClN2O4/c10-5-1-2-8(12(15)16)6(3-5)7(4-11)9(13)14/h1-3,7H,4,11H2,(H,13,14). The number of halogens is 1. The first-order chi connectivity index (χ1) is 7.47. The molecule has 1 atom stereocenters. The lowest BCUT2D eigenvalue weighted by Crippen LogP contribution is -2.22. The number of nitrogens with two attached hydrogens (primary N) is 1. The van der Waals surface area contributed by atoms with Crippen molar-refractivity contribution in [2.75, 3.05) is 6.54 Å². The van der Waals surface area contributed by atoms with Crippen molar-refractivity contribution in [3.63, 3.8) is 0 Å². The largest absolute Gasteiger partial charge is 0.481 e. The molecule has 1 aromatic rings. The second-order valence-electron chi connectivity index (χ2n) is 3.09. The Morgan fingerprint density at radius 3 is 2.69 bits per heavy atom. The lowest BCUT2D eigenvalue weighted by molar-refractivity contribution is -0.385. The van der Waals surface area contributed by atoms with Gasteiger partial charge in [0.05, 0.1) is 4.92 Å². The summed E-state index contributed by atoms with van der Waals surface area (Å²) in [5.74, 6) is -2.34. The maximum Gasteiger partial charge on any atom is 0.312 e. The molecule has 0 saturated carbocycles. The fourth-order valence-electron chi connectivity index (χ4n) is 1.33. The van der Waals surface area contributed by atoms with E-state index in [-0.39, 0.29) is 22.8 Å². The van der Waals surface area contributed by atoms with Gasteiger partial charge >= 0.3 is 5.97 Å². The van der Waals surface area contributed by atoms with E-state index in [2.05, 4.69) is 0 Å². The molecule has 6 nitrogen and oxygen atoms in total. The van der Waals surface area contributed by atoms with Crippen LogP contribution in [0, 0.1) is 10.1 Å². The van der Waals surface area contributed by atoms with Crippen LogP contribution in [0.2, 0.25) is 5.02 Å². The van der Waals surface area contributed by atoms with E-state index in [0.717, 1.165) is 0 Å². The highest BCUT2D eigenvalue weighted by molar-refractivity contribution is 6.30. The minimum atomic E-state index is -1.21. The molecule has 0 heterocycles. The summed E-state index contributed by atoms with van der Waals surface area (Å²) in [5, 5.41) is 19.8. The Kier molecular flexibility index (Phi) is 3.81. The molecule has 0 radical (unpaired) electrons. The number of benzene rings is 1. The van der Waals surface area contributed by atoms with E-state index in [0.29, 0.717) is 0 Å². The maximum atomic E-state index is 10.9. The molecule has 0 aliphatic carbocycles. The quantitative estimate of drug-likeness (QED) is 0.615. The van der Waals surface area contributed by atoms with E-state index in [9.17, 15) is 14.9 Å². The van der Waals surface area contributed by atoms with Crippen molar-refractivity contribution in [1.82, 2.24) is 0 Å². The number of nitrogens with zero attached hydrogens (tertiary/aromatic N) is 1. The molecule has 16 heavy (non-hydrogen) atoms. The summed E-state index contributed by atoms with van der Waals surface area (Å²) < 4.78 is 0. The van der Waals surface area contributed by atoms with Crippen LogP contribution in [0.1, 0.15) is 11.5 Å².